The van der Waals surface area contributed by atoms with Gasteiger partial charge in [-0.25, -0.2) is 0 Å². The largest absolute Gasteiger partial charge is 0.494 e. The number of hydrogen-bond donors (Lipinski definition) is 1. The molecule has 0 amide bonds. The first-order chi connectivity index (χ1) is 9.02. The monoisotopic (exact) mass is 263 g/mol. The molecular formula is C17H29NO. The first-order valence-electron chi connectivity index (χ1n) is 7.48. The molecule has 0 aliphatic heterocycles. The van der Waals surface area contributed by atoms with Gasteiger partial charge >= 0.3 is 0 Å². The average molecular weight is 263 g/mol. The van der Waals surface area contributed by atoms with Crippen molar-refractivity contribution in [1.82, 2.24) is 0 Å². The normalized spacial score (nSPS) is 11.1. The Morgan fingerprint density at radius 2 is 1.79 bits per heavy atom. The summed E-state index contributed by atoms with van der Waals surface area (Å²) in [6.45, 7) is 9.78. The topological polar surface area (TPSA) is 21.3 Å². The second-order valence-corrected chi connectivity index (χ2v) is 5.93. The van der Waals surface area contributed by atoms with Gasteiger partial charge in [0.25, 0.3) is 0 Å². The lowest BCUT2D eigenvalue weighted by Gasteiger charge is -2.13. The molecule has 2 heteroatoms. The Morgan fingerprint density at radius 1 is 1.05 bits per heavy atom. The number of benzene rings is 1. The molecule has 0 fully saturated rings. The van der Waals surface area contributed by atoms with Crippen molar-refractivity contribution in [1.29, 1.82) is 0 Å². The summed E-state index contributed by atoms with van der Waals surface area (Å²) >= 11 is 0. The van der Waals surface area contributed by atoms with Gasteiger partial charge in [0.05, 0.1) is 6.61 Å². The quantitative estimate of drug-likeness (QED) is 0.662. The number of nitrogens with one attached hydrogen (secondary N) is 1. The van der Waals surface area contributed by atoms with Crippen molar-refractivity contribution in [2.75, 3.05) is 19.0 Å². The fraction of sp³-hybridized carbons (Fsp3) is 0.647. The molecule has 2 nitrogen and oxygen atoms in total. The molecule has 0 heterocycles. The van der Waals surface area contributed by atoms with Crippen LogP contribution in [0.25, 0.3) is 0 Å². The van der Waals surface area contributed by atoms with Crippen LogP contribution in [0.2, 0.25) is 0 Å². The molecule has 1 N–H and O–H groups in total. The molecule has 1 aromatic rings. The lowest BCUT2D eigenvalue weighted by atomic mass is 10.0. The van der Waals surface area contributed by atoms with Crippen LogP contribution in [0.3, 0.4) is 0 Å². The lowest BCUT2D eigenvalue weighted by Crippen LogP contribution is -2.01. The molecule has 0 aliphatic rings. The maximum Gasteiger partial charge on any atom is 0.121 e. The van der Waals surface area contributed by atoms with E-state index in [-0.39, 0.29) is 0 Å². The summed E-state index contributed by atoms with van der Waals surface area (Å²) in [6, 6.07) is 6.43. The van der Waals surface area contributed by atoms with Crippen LogP contribution in [-0.2, 0) is 0 Å². The minimum atomic E-state index is 0.525. The van der Waals surface area contributed by atoms with Crippen LogP contribution in [0, 0.1) is 5.92 Å². The van der Waals surface area contributed by atoms with Gasteiger partial charge in [-0.15, -0.1) is 0 Å². The van der Waals surface area contributed by atoms with E-state index in [0.717, 1.165) is 30.4 Å². The third-order valence-corrected chi connectivity index (χ3v) is 3.33. The minimum absolute atomic E-state index is 0.525. The SMILES string of the molecule is CNc1cc(OCCCCC(C)C)cc(C(C)C)c1. The van der Waals surface area contributed by atoms with Gasteiger partial charge in [-0.1, -0.05) is 34.1 Å². The molecule has 0 saturated heterocycles. The molecule has 0 aliphatic carbocycles. The second-order valence-electron chi connectivity index (χ2n) is 5.93. The van der Waals surface area contributed by atoms with Crippen LogP contribution in [0.4, 0.5) is 5.69 Å². The van der Waals surface area contributed by atoms with Gasteiger partial charge in [-0.3, -0.25) is 0 Å². The van der Waals surface area contributed by atoms with Crippen molar-refractivity contribution < 1.29 is 4.74 Å². The van der Waals surface area contributed by atoms with E-state index < -0.39 is 0 Å². The standard InChI is InChI=1S/C17H29NO/c1-13(2)8-6-7-9-19-17-11-15(14(3)4)10-16(12-17)18-5/h10-14,18H,6-9H2,1-5H3. The predicted octanol–water partition coefficient (Wildman–Crippen LogP) is 5.06. The molecule has 0 unspecified atom stereocenters. The Bertz CT molecular complexity index is 372. The second kappa shape index (κ2) is 8.08. The van der Waals surface area contributed by atoms with Crippen LogP contribution >= 0.6 is 0 Å². The van der Waals surface area contributed by atoms with E-state index >= 15 is 0 Å². The van der Waals surface area contributed by atoms with Gasteiger partial charge in [0.15, 0.2) is 0 Å². The summed E-state index contributed by atoms with van der Waals surface area (Å²) in [5, 5.41) is 3.20. The highest BCUT2D eigenvalue weighted by atomic mass is 16.5. The lowest BCUT2D eigenvalue weighted by molar-refractivity contribution is 0.301. The number of unbranched alkanes of at least 4 members (excludes halogenated alkanes) is 1. The third kappa shape index (κ3) is 6.00. The van der Waals surface area contributed by atoms with E-state index in [1.807, 2.05) is 7.05 Å². The van der Waals surface area contributed by atoms with Crippen molar-refractivity contribution in [3.63, 3.8) is 0 Å². The first kappa shape index (κ1) is 15.9. The number of rotatable bonds is 8. The molecule has 0 spiro atoms. The molecule has 1 aromatic carbocycles. The van der Waals surface area contributed by atoms with Crippen molar-refractivity contribution in [2.24, 2.45) is 5.92 Å². The Balaban J connectivity index is 2.50. The highest BCUT2D eigenvalue weighted by molar-refractivity contribution is 5.51. The zero-order chi connectivity index (χ0) is 14.3. The number of ether oxygens (including phenoxy) is 1. The molecule has 0 atom stereocenters. The Morgan fingerprint density at radius 3 is 2.37 bits per heavy atom. The van der Waals surface area contributed by atoms with E-state index in [0.29, 0.717) is 5.92 Å². The predicted molar refractivity (Wildman–Crippen MR) is 84.3 cm³/mol. The molecule has 0 aromatic heterocycles. The number of hydrogen-bond acceptors (Lipinski definition) is 2. The van der Waals surface area contributed by atoms with Crippen LogP contribution in [0.5, 0.6) is 5.75 Å². The third-order valence-electron chi connectivity index (χ3n) is 3.33. The molecule has 19 heavy (non-hydrogen) atoms. The van der Waals surface area contributed by atoms with E-state index in [1.165, 1.54) is 18.4 Å². The molecular weight excluding hydrogens is 234 g/mol. The highest BCUT2D eigenvalue weighted by Crippen LogP contribution is 2.26. The van der Waals surface area contributed by atoms with Crippen molar-refractivity contribution in [3.8, 4) is 5.75 Å². The van der Waals surface area contributed by atoms with Crippen molar-refractivity contribution in [2.45, 2.75) is 52.9 Å². The van der Waals surface area contributed by atoms with Gasteiger partial charge < -0.3 is 10.1 Å². The molecule has 0 radical (unpaired) electrons. The molecule has 1 rings (SSSR count). The van der Waals surface area contributed by atoms with Crippen LogP contribution < -0.4 is 10.1 Å². The maximum absolute atomic E-state index is 5.88. The Labute approximate surface area is 118 Å². The van der Waals surface area contributed by atoms with Gasteiger partial charge in [0.2, 0.25) is 0 Å². The fourth-order valence-corrected chi connectivity index (χ4v) is 2.03. The summed E-state index contributed by atoms with van der Waals surface area (Å²) in [6.07, 6.45) is 3.68. The van der Waals surface area contributed by atoms with E-state index in [9.17, 15) is 0 Å². The zero-order valence-corrected chi connectivity index (χ0v) is 13.1. The van der Waals surface area contributed by atoms with Crippen LogP contribution in [0.1, 0.15) is 58.4 Å². The number of anilines is 1. The average Bonchev–Trinajstić information content (AvgIpc) is 2.37. The Kier molecular flexibility index (Phi) is 6.75. The van der Waals surface area contributed by atoms with Crippen LogP contribution in [0.15, 0.2) is 18.2 Å². The summed E-state index contributed by atoms with van der Waals surface area (Å²) in [7, 11) is 1.95. The summed E-state index contributed by atoms with van der Waals surface area (Å²) in [4.78, 5) is 0. The van der Waals surface area contributed by atoms with Gasteiger partial charge in [-0.2, -0.15) is 0 Å². The van der Waals surface area contributed by atoms with Crippen LogP contribution in [-0.4, -0.2) is 13.7 Å². The van der Waals surface area contributed by atoms with Crippen molar-refractivity contribution in [3.05, 3.63) is 23.8 Å². The van der Waals surface area contributed by atoms with Gasteiger partial charge in [0.1, 0.15) is 5.75 Å². The minimum Gasteiger partial charge on any atom is -0.494 e. The summed E-state index contributed by atoms with van der Waals surface area (Å²) in [5.41, 5.74) is 2.45. The molecule has 0 saturated carbocycles. The molecule has 108 valence electrons. The zero-order valence-electron chi connectivity index (χ0n) is 13.1. The highest BCUT2D eigenvalue weighted by Gasteiger charge is 2.05. The summed E-state index contributed by atoms with van der Waals surface area (Å²) in [5.74, 6) is 2.30. The summed E-state index contributed by atoms with van der Waals surface area (Å²) < 4.78 is 5.88. The van der Waals surface area contributed by atoms with Crippen molar-refractivity contribution >= 4 is 5.69 Å². The molecule has 0 bridgehead atoms. The maximum atomic E-state index is 5.88. The van der Waals surface area contributed by atoms with E-state index in [1.54, 1.807) is 0 Å². The van der Waals surface area contributed by atoms with E-state index in [2.05, 4.69) is 51.2 Å². The van der Waals surface area contributed by atoms with Gasteiger partial charge in [0, 0.05) is 18.8 Å². The fourth-order valence-electron chi connectivity index (χ4n) is 2.03. The van der Waals surface area contributed by atoms with Gasteiger partial charge in [-0.05, 0) is 42.4 Å². The Hall–Kier alpha value is -1.18. The first-order valence-corrected chi connectivity index (χ1v) is 7.48. The van der Waals surface area contributed by atoms with E-state index in [4.69, 9.17) is 4.74 Å². The smallest absolute Gasteiger partial charge is 0.121 e.